The fourth-order valence-electron chi connectivity index (χ4n) is 0.985. The second-order valence-electron chi connectivity index (χ2n) is 2.56. The topological polar surface area (TPSA) is 0 Å². The van der Waals surface area contributed by atoms with Gasteiger partial charge in [0.15, 0.2) is 0 Å². The number of benzene rings is 1. The van der Waals surface area contributed by atoms with Crippen LogP contribution in [0.3, 0.4) is 0 Å². The maximum Gasteiger partial charge on any atom is 0.560 e. The monoisotopic (exact) mass is 315 g/mol. The van der Waals surface area contributed by atoms with Crippen molar-refractivity contribution in [2.75, 3.05) is 0 Å². The maximum atomic E-state index is 3.20. The molecule has 1 radical (unpaired) electrons. The fourth-order valence-corrected chi connectivity index (χ4v) is 0.985. The van der Waals surface area contributed by atoms with Crippen LogP contribution in [-0.2, 0) is 12.8 Å². The third kappa shape index (κ3) is 6.94. The van der Waals surface area contributed by atoms with E-state index in [-0.39, 0.29) is 16.0 Å². The molecule has 1 aromatic rings. The normalized spacial score (nSPS) is 8.31. The van der Waals surface area contributed by atoms with E-state index in [0.29, 0.717) is 0 Å². The van der Waals surface area contributed by atoms with Crippen LogP contribution in [0, 0.1) is 6.07 Å². The smallest absolute Gasteiger partial charge is 0.280 e. The van der Waals surface area contributed by atoms with Crippen LogP contribution in [0.2, 0.25) is 0 Å². The molecule has 69 valence electrons. The zero-order valence-corrected chi connectivity index (χ0v) is 12.7. The lowest BCUT2D eigenvalue weighted by atomic mass is 10.1. The Morgan fingerprint density at radius 3 is 1.85 bits per heavy atom. The molecule has 0 heterocycles. The Labute approximate surface area is 103 Å². The molecule has 0 bridgehead atoms. The minimum Gasteiger partial charge on any atom is -0.280 e. The van der Waals surface area contributed by atoms with Gasteiger partial charge in [-0.1, -0.05) is 32.0 Å². The van der Waals surface area contributed by atoms with Crippen LogP contribution in [-0.4, -0.2) is 16.0 Å². The third-order valence-electron chi connectivity index (χ3n) is 1.72. The van der Waals surface area contributed by atoms with Gasteiger partial charge in [0, 0.05) is 0 Å². The highest BCUT2D eigenvalue weighted by molar-refractivity contribution is 9.47. The van der Waals surface area contributed by atoms with Crippen molar-refractivity contribution >= 4 is 41.8 Å². The highest BCUT2D eigenvalue weighted by Gasteiger charge is 1.89. The van der Waals surface area contributed by atoms with Gasteiger partial charge in [-0.3, -0.25) is 25.8 Å². The molecule has 0 aromatic heterocycles. The van der Waals surface area contributed by atoms with E-state index < -0.39 is 0 Å². The first-order chi connectivity index (χ1) is 6.28. The van der Waals surface area contributed by atoms with Gasteiger partial charge in [-0.25, -0.2) is 0 Å². The number of hydrogen-bond acceptors (Lipinski definition) is 0. The van der Waals surface area contributed by atoms with Gasteiger partial charge in [0.05, 0.1) is 0 Å². The van der Waals surface area contributed by atoms with Crippen LogP contribution in [0.1, 0.15) is 25.0 Å². The molecule has 0 nitrogen and oxygen atoms in total. The Hall–Kier alpha value is 0.946. The summed E-state index contributed by atoms with van der Waals surface area (Å²) in [7, 11) is 0. The number of rotatable bonds is 2. The first-order valence-corrected chi connectivity index (χ1v) is 12.2. The van der Waals surface area contributed by atoms with Crippen LogP contribution in [0.4, 0.5) is 0 Å². The molecular weight excluding hydrogens is 304 g/mol. The number of halogens is 2. The minimum atomic E-state index is 0.0417. The van der Waals surface area contributed by atoms with E-state index >= 15 is 0 Å². The van der Waals surface area contributed by atoms with E-state index in [0.717, 1.165) is 12.8 Å². The first-order valence-electron chi connectivity index (χ1n) is 4.39. The van der Waals surface area contributed by atoms with Crippen molar-refractivity contribution in [2.45, 2.75) is 26.7 Å². The Balaban J connectivity index is 0.000000424. The van der Waals surface area contributed by atoms with E-state index in [1.807, 2.05) is 0 Å². The van der Waals surface area contributed by atoms with Crippen molar-refractivity contribution < 1.29 is 0 Å². The summed E-state index contributed by atoms with van der Waals surface area (Å²) in [6.45, 7) is 4.34. The second-order valence-corrected chi connectivity index (χ2v) is 10.6. The summed E-state index contributed by atoms with van der Waals surface area (Å²) in [5, 5.41) is 0. The lowest BCUT2D eigenvalue weighted by Gasteiger charge is -1.98. The minimum absolute atomic E-state index is 0.0417. The molecule has 3 heteroatoms. The molecule has 0 spiro atoms. The molecule has 0 aliphatic carbocycles. The van der Waals surface area contributed by atoms with E-state index in [1.54, 1.807) is 0 Å². The zero-order chi connectivity index (χ0) is 10.1. The van der Waals surface area contributed by atoms with Gasteiger partial charge in [0.25, 0.3) is 0 Å². The highest BCUT2D eigenvalue weighted by Crippen LogP contribution is 2.05. The van der Waals surface area contributed by atoms with Crippen LogP contribution in [0.15, 0.2) is 18.2 Å². The molecule has 0 saturated heterocycles. The van der Waals surface area contributed by atoms with Gasteiger partial charge in [0.1, 0.15) is 0 Å². The van der Waals surface area contributed by atoms with Crippen LogP contribution >= 0.6 is 25.8 Å². The number of hydrogen-bond donors (Lipinski definition) is 0. The van der Waals surface area contributed by atoms with Gasteiger partial charge in [-0.2, -0.15) is 0 Å². The Bertz CT molecular complexity index is 207. The van der Waals surface area contributed by atoms with E-state index in [1.165, 1.54) is 11.1 Å². The largest absolute Gasteiger partial charge is 0.560 e. The van der Waals surface area contributed by atoms with Crippen LogP contribution < -0.4 is 0 Å². The molecule has 0 amide bonds. The zero-order valence-electron chi connectivity index (χ0n) is 8.11. The van der Waals surface area contributed by atoms with E-state index in [4.69, 9.17) is 0 Å². The third-order valence-corrected chi connectivity index (χ3v) is 1.72. The summed E-state index contributed by atoms with van der Waals surface area (Å²) in [4.78, 5) is 0. The summed E-state index contributed by atoms with van der Waals surface area (Å²) in [5.74, 6) is 0. The summed E-state index contributed by atoms with van der Waals surface area (Å²) < 4.78 is 0. The molecule has 0 saturated carbocycles. The Kier molecular flexibility index (Phi) is 10.2. The standard InChI is InChI=1S/C10H13.2BrH.Mg/c1-3-9-6-5-7-10(4-2)8-9;;;/h6-8H,3-4H2,1-2H3;2*1H;/q;;;+2/p-2. The lowest BCUT2D eigenvalue weighted by Crippen LogP contribution is -1.83. The highest BCUT2D eigenvalue weighted by atomic mass is 79.9. The number of aryl methyl sites for hydroxylation is 2. The molecule has 0 aliphatic rings. The fraction of sp³-hybridized carbons (Fsp3) is 0.400. The average molecular weight is 317 g/mol. The SMILES string of the molecule is CCc1c[c]cc(CC)c1.[Br][Mg][Br]. The lowest BCUT2D eigenvalue weighted by molar-refractivity contribution is 1.09. The average Bonchev–Trinajstić information content (AvgIpc) is 2.19. The summed E-state index contributed by atoms with van der Waals surface area (Å²) in [5.41, 5.74) is 2.78. The predicted molar refractivity (Wildman–Crippen MR) is 67.6 cm³/mol. The first kappa shape index (κ1) is 13.9. The second kappa shape index (κ2) is 9.50. The van der Waals surface area contributed by atoms with Crippen molar-refractivity contribution in [3.8, 4) is 0 Å². The van der Waals surface area contributed by atoms with Crippen LogP contribution in [0.25, 0.3) is 0 Å². The molecule has 0 aliphatic heterocycles. The molecule has 0 fully saturated rings. The molecule has 0 unspecified atom stereocenters. The van der Waals surface area contributed by atoms with Crippen molar-refractivity contribution in [1.29, 1.82) is 0 Å². The quantitative estimate of drug-likeness (QED) is 0.725. The summed E-state index contributed by atoms with van der Waals surface area (Å²) in [6, 6.07) is 9.49. The molecule has 13 heavy (non-hydrogen) atoms. The van der Waals surface area contributed by atoms with E-state index in [2.05, 4.69) is 63.9 Å². The maximum absolute atomic E-state index is 3.20. The van der Waals surface area contributed by atoms with Gasteiger partial charge < -0.3 is 0 Å². The van der Waals surface area contributed by atoms with Crippen molar-refractivity contribution in [1.82, 2.24) is 0 Å². The Morgan fingerprint density at radius 2 is 1.54 bits per heavy atom. The molecule has 1 rings (SSSR count). The molecule has 1 aromatic carbocycles. The summed E-state index contributed by atoms with van der Waals surface area (Å²) >= 11 is 6.44. The van der Waals surface area contributed by atoms with Gasteiger partial charge in [-0.15, -0.1) is 0 Å². The van der Waals surface area contributed by atoms with Crippen molar-refractivity contribution in [3.63, 3.8) is 0 Å². The van der Waals surface area contributed by atoms with Gasteiger partial charge in [-0.05, 0) is 30.0 Å². The van der Waals surface area contributed by atoms with Crippen molar-refractivity contribution in [2.24, 2.45) is 0 Å². The molecule has 0 atom stereocenters. The van der Waals surface area contributed by atoms with Gasteiger partial charge in [0.2, 0.25) is 0 Å². The van der Waals surface area contributed by atoms with Crippen molar-refractivity contribution in [3.05, 3.63) is 35.4 Å². The predicted octanol–water partition coefficient (Wildman–Crippen LogP) is 3.92. The Morgan fingerprint density at radius 1 is 1.15 bits per heavy atom. The molecule has 0 N–H and O–H groups in total. The van der Waals surface area contributed by atoms with Gasteiger partial charge >= 0.3 is 16.0 Å². The van der Waals surface area contributed by atoms with E-state index in [9.17, 15) is 0 Å². The summed E-state index contributed by atoms with van der Waals surface area (Å²) in [6.07, 6.45) is 2.23. The van der Waals surface area contributed by atoms with Crippen LogP contribution in [0.5, 0.6) is 0 Å². The molecular formula is C10H13Br2Mg.